The molecule has 154 valence electrons. The number of rotatable bonds is 10. The zero-order valence-electron chi connectivity index (χ0n) is 16.3. The molecule has 1 N–H and O–H groups in total. The maximum atomic E-state index is 11.9. The van der Waals surface area contributed by atoms with Crippen molar-refractivity contribution in [1.82, 2.24) is 5.43 Å². The van der Waals surface area contributed by atoms with Crippen LogP contribution in [0.3, 0.4) is 0 Å². The zero-order valence-corrected chi connectivity index (χ0v) is 17.9. The molecule has 29 heavy (non-hydrogen) atoms. The van der Waals surface area contributed by atoms with Gasteiger partial charge < -0.3 is 4.90 Å². The number of hydrogen-bond donors (Lipinski definition) is 1. The first-order valence-corrected chi connectivity index (χ1v) is 10.5. The molecule has 7 nitrogen and oxygen atoms in total. The molecule has 0 aliphatic carbocycles. The van der Waals surface area contributed by atoms with Gasteiger partial charge in [-0.2, -0.15) is 5.10 Å². The number of anilines is 1. The van der Waals surface area contributed by atoms with Crippen molar-refractivity contribution in [2.45, 2.75) is 25.2 Å². The van der Waals surface area contributed by atoms with Gasteiger partial charge in [0.2, 0.25) is 5.91 Å². The Hall–Kier alpha value is -2.58. The molecule has 0 aliphatic rings. The van der Waals surface area contributed by atoms with Gasteiger partial charge in [-0.05, 0) is 44.2 Å². The number of nitrogens with one attached hydrogen (secondary N) is 1. The maximum Gasteiger partial charge on any atom is 0.293 e. The number of nitro benzene ring substituents is 1. The van der Waals surface area contributed by atoms with Crippen molar-refractivity contribution >= 4 is 46.9 Å². The van der Waals surface area contributed by atoms with Crippen LogP contribution in [0.4, 0.5) is 11.4 Å². The zero-order chi connectivity index (χ0) is 21.2. The molecule has 9 heteroatoms. The van der Waals surface area contributed by atoms with Crippen molar-refractivity contribution in [2.24, 2.45) is 5.10 Å². The fourth-order valence-electron chi connectivity index (χ4n) is 2.63. The second-order valence-electron chi connectivity index (χ2n) is 6.02. The Kier molecular flexibility index (Phi) is 8.95. The molecule has 2 rings (SSSR count). The van der Waals surface area contributed by atoms with Crippen molar-refractivity contribution in [1.29, 1.82) is 0 Å². The number of halogens is 1. The molecule has 0 saturated carbocycles. The molecule has 0 radical (unpaired) electrons. The summed E-state index contributed by atoms with van der Waals surface area (Å²) in [5, 5.41) is 16.0. The largest absolute Gasteiger partial charge is 0.367 e. The van der Waals surface area contributed by atoms with E-state index in [9.17, 15) is 14.9 Å². The van der Waals surface area contributed by atoms with Gasteiger partial charge in [0.05, 0.1) is 11.1 Å². The lowest BCUT2D eigenvalue weighted by molar-refractivity contribution is -0.384. The number of hydrazone groups is 1. The quantitative estimate of drug-likeness (QED) is 0.253. The van der Waals surface area contributed by atoms with E-state index in [1.165, 1.54) is 12.3 Å². The molecule has 2 aromatic rings. The van der Waals surface area contributed by atoms with Crippen molar-refractivity contribution < 1.29 is 9.72 Å². The van der Waals surface area contributed by atoms with E-state index in [2.05, 4.69) is 10.5 Å². The van der Waals surface area contributed by atoms with E-state index < -0.39 is 4.92 Å². The average Bonchev–Trinajstić information content (AvgIpc) is 2.71. The van der Waals surface area contributed by atoms with E-state index in [1.807, 2.05) is 30.9 Å². The highest BCUT2D eigenvalue weighted by atomic mass is 35.5. The molecule has 2 aromatic carbocycles. The number of benzene rings is 2. The summed E-state index contributed by atoms with van der Waals surface area (Å²) in [5.74, 6) is 0.379. The summed E-state index contributed by atoms with van der Waals surface area (Å²) in [4.78, 5) is 25.8. The smallest absolute Gasteiger partial charge is 0.293 e. The Balaban J connectivity index is 1.90. The van der Waals surface area contributed by atoms with Gasteiger partial charge in [-0.1, -0.05) is 17.7 Å². The van der Waals surface area contributed by atoms with Crippen LogP contribution in [0.5, 0.6) is 0 Å². The predicted molar refractivity (Wildman–Crippen MR) is 119 cm³/mol. The SMILES string of the molecule is CCN(CC)c1ccc(/C=N\NC(=O)CCSc2ccc(Cl)cc2)cc1[N+](=O)[O-]. The highest BCUT2D eigenvalue weighted by Gasteiger charge is 2.18. The third kappa shape index (κ3) is 7.07. The number of nitrogens with zero attached hydrogens (tertiary/aromatic N) is 3. The third-order valence-electron chi connectivity index (χ3n) is 4.11. The third-order valence-corrected chi connectivity index (χ3v) is 5.38. The number of carbonyl (C=O) groups is 1. The maximum absolute atomic E-state index is 11.9. The van der Waals surface area contributed by atoms with Crippen LogP contribution in [0.15, 0.2) is 52.5 Å². The second-order valence-corrected chi connectivity index (χ2v) is 7.63. The van der Waals surface area contributed by atoms with Gasteiger partial charge in [0.1, 0.15) is 5.69 Å². The molecular weight excluding hydrogens is 412 g/mol. The molecule has 0 aromatic heterocycles. The van der Waals surface area contributed by atoms with Crippen molar-refractivity contribution in [3.63, 3.8) is 0 Å². The highest BCUT2D eigenvalue weighted by molar-refractivity contribution is 7.99. The topological polar surface area (TPSA) is 87.8 Å². The number of carbonyl (C=O) groups excluding carboxylic acids is 1. The van der Waals surface area contributed by atoms with Gasteiger partial charge in [-0.15, -0.1) is 11.8 Å². The summed E-state index contributed by atoms with van der Waals surface area (Å²) in [6, 6.07) is 12.3. The molecule has 0 spiro atoms. The number of amides is 1. The molecule has 0 bridgehead atoms. The van der Waals surface area contributed by atoms with Gasteiger partial charge in [0, 0.05) is 46.8 Å². The Morgan fingerprint density at radius 2 is 1.93 bits per heavy atom. The van der Waals surface area contributed by atoms with Crippen molar-refractivity contribution in [3.8, 4) is 0 Å². The first kappa shape index (κ1) is 22.7. The van der Waals surface area contributed by atoms with E-state index in [1.54, 1.807) is 36.0 Å². The Bertz CT molecular complexity index is 871. The summed E-state index contributed by atoms with van der Waals surface area (Å²) in [6.45, 7) is 5.25. The fraction of sp³-hybridized carbons (Fsp3) is 0.300. The predicted octanol–water partition coefficient (Wildman–Crippen LogP) is 4.73. The van der Waals surface area contributed by atoms with Crippen LogP contribution < -0.4 is 10.3 Å². The van der Waals surface area contributed by atoms with Gasteiger partial charge in [-0.25, -0.2) is 5.43 Å². The minimum Gasteiger partial charge on any atom is -0.367 e. The van der Waals surface area contributed by atoms with Crippen LogP contribution in [0, 0.1) is 10.1 Å². The average molecular weight is 435 g/mol. The van der Waals surface area contributed by atoms with Crippen LogP contribution in [-0.4, -0.2) is 35.9 Å². The lowest BCUT2D eigenvalue weighted by Gasteiger charge is -2.20. The summed E-state index contributed by atoms with van der Waals surface area (Å²) in [7, 11) is 0. The van der Waals surface area contributed by atoms with Crippen LogP contribution in [0.25, 0.3) is 0 Å². The minimum absolute atomic E-state index is 0.0170. The van der Waals surface area contributed by atoms with Crippen LogP contribution in [-0.2, 0) is 4.79 Å². The van der Waals surface area contributed by atoms with E-state index >= 15 is 0 Å². The summed E-state index contributed by atoms with van der Waals surface area (Å²) >= 11 is 7.39. The van der Waals surface area contributed by atoms with Gasteiger partial charge in [-0.3, -0.25) is 14.9 Å². The normalized spacial score (nSPS) is 10.9. The lowest BCUT2D eigenvalue weighted by Crippen LogP contribution is -2.22. The monoisotopic (exact) mass is 434 g/mol. The molecule has 0 unspecified atom stereocenters. The minimum atomic E-state index is -0.405. The van der Waals surface area contributed by atoms with Gasteiger partial charge >= 0.3 is 0 Å². The summed E-state index contributed by atoms with van der Waals surface area (Å²) < 4.78 is 0. The highest BCUT2D eigenvalue weighted by Crippen LogP contribution is 2.28. The Morgan fingerprint density at radius 1 is 1.24 bits per heavy atom. The fourth-order valence-corrected chi connectivity index (χ4v) is 3.60. The molecule has 0 aliphatic heterocycles. The van der Waals surface area contributed by atoms with Crippen LogP contribution >= 0.6 is 23.4 Å². The Labute approximate surface area is 179 Å². The first-order valence-electron chi connectivity index (χ1n) is 9.18. The molecule has 0 heterocycles. The molecule has 1 amide bonds. The molecule has 0 fully saturated rings. The van der Waals surface area contributed by atoms with Crippen LogP contribution in [0.1, 0.15) is 25.8 Å². The number of thioether (sulfide) groups is 1. The standard InChI is InChI=1S/C20H23ClN4O3S/c1-3-24(4-2)18-10-5-15(13-19(18)25(27)28)14-22-23-20(26)11-12-29-17-8-6-16(21)7-9-17/h5-10,13-14H,3-4,11-12H2,1-2H3,(H,23,26)/b22-14-. The van der Waals surface area contributed by atoms with E-state index in [-0.39, 0.29) is 11.6 Å². The molecular formula is C20H23ClN4O3S. The first-order chi connectivity index (χ1) is 13.9. The molecule has 0 saturated heterocycles. The summed E-state index contributed by atoms with van der Waals surface area (Å²) in [5.41, 5.74) is 3.58. The van der Waals surface area contributed by atoms with E-state index in [0.717, 1.165) is 4.90 Å². The van der Waals surface area contributed by atoms with Gasteiger partial charge in [0.15, 0.2) is 0 Å². The number of nitro groups is 1. The van der Waals surface area contributed by atoms with Crippen molar-refractivity contribution in [2.75, 3.05) is 23.7 Å². The van der Waals surface area contributed by atoms with Gasteiger partial charge in [0.25, 0.3) is 5.69 Å². The Morgan fingerprint density at radius 3 is 2.55 bits per heavy atom. The van der Waals surface area contributed by atoms with Crippen molar-refractivity contribution in [3.05, 3.63) is 63.2 Å². The van der Waals surface area contributed by atoms with E-state index in [4.69, 9.17) is 11.6 Å². The number of hydrogen-bond acceptors (Lipinski definition) is 6. The lowest BCUT2D eigenvalue weighted by atomic mass is 10.1. The second kappa shape index (κ2) is 11.4. The summed E-state index contributed by atoms with van der Waals surface area (Å²) in [6.07, 6.45) is 1.70. The molecule has 0 atom stereocenters. The van der Waals surface area contributed by atoms with Crippen LogP contribution in [0.2, 0.25) is 5.02 Å². The van der Waals surface area contributed by atoms with E-state index in [0.29, 0.717) is 41.5 Å².